The van der Waals surface area contributed by atoms with Gasteiger partial charge in [-0.15, -0.1) is 0 Å². The minimum Gasteiger partial charge on any atom is -0.463 e. The number of rotatable bonds is 3. The maximum atomic E-state index is 12.0. The van der Waals surface area contributed by atoms with Gasteiger partial charge in [0.15, 0.2) is 12.0 Å². The molecular weight excluding hydrogens is 285 g/mol. The number of halogens is 3. The largest absolute Gasteiger partial charge is 0.479 e. The number of methoxy groups -OCH3 is 1. The Bertz CT molecular complexity index is 605. The van der Waals surface area contributed by atoms with E-state index in [-0.39, 0.29) is 11.5 Å². The van der Waals surface area contributed by atoms with Crippen LogP contribution in [0.3, 0.4) is 0 Å². The number of benzene rings is 1. The summed E-state index contributed by atoms with van der Waals surface area (Å²) in [5.41, 5.74) is -4.13. The van der Waals surface area contributed by atoms with Crippen molar-refractivity contribution in [3.63, 3.8) is 0 Å². The molecule has 0 unspecified atom stereocenters. The zero-order chi connectivity index (χ0) is 14.0. The standard InChI is InChI=1S/C11H7F3O4S/c1-16-10(15)9-5-6-4-7(2-3-8(6)17-9)18-19-11(12,13)14/h2-5H,1H3. The molecule has 0 fully saturated rings. The Labute approximate surface area is 109 Å². The molecule has 4 nitrogen and oxygen atoms in total. The van der Waals surface area contributed by atoms with Crippen LogP contribution in [0.1, 0.15) is 10.6 Å². The maximum Gasteiger partial charge on any atom is 0.479 e. The average molecular weight is 292 g/mol. The number of carbonyl (C=O) groups excluding carboxylic acids is 1. The molecule has 0 saturated heterocycles. The fourth-order valence-electron chi connectivity index (χ4n) is 1.37. The Morgan fingerprint density at radius 2 is 2.05 bits per heavy atom. The molecule has 1 aromatic carbocycles. The molecule has 0 spiro atoms. The predicted octanol–water partition coefficient (Wildman–Crippen LogP) is 3.77. The number of furan rings is 1. The van der Waals surface area contributed by atoms with Crippen LogP contribution in [-0.2, 0) is 4.74 Å². The summed E-state index contributed by atoms with van der Waals surface area (Å²) in [5, 5.41) is 0.445. The summed E-state index contributed by atoms with van der Waals surface area (Å²) in [6, 6.07) is 5.43. The molecule has 1 heterocycles. The predicted molar refractivity (Wildman–Crippen MR) is 61.8 cm³/mol. The number of alkyl halides is 3. The van der Waals surface area contributed by atoms with Crippen LogP contribution < -0.4 is 4.18 Å². The minimum atomic E-state index is -4.48. The molecule has 2 aromatic rings. The highest BCUT2D eigenvalue weighted by atomic mass is 32.2. The van der Waals surface area contributed by atoms with Crippen LogP contribution in [0.15, 0.2) is 28.7 Å². The molecule has 102 valence electrons. The fraction of sp³-hybridized carbons (Fsp3) is 0.182. The lowest BCUT2D eigenvalue weighted by Crippen LogP contribution is -2.02. The van der Waals surface area contributed by atoms with Crippen molar-refractivity contribution in [1.29, 1.82) is 0 Å². The number of esters is 1. The van der Waals surface area contributed by atoms with E-state index in [0.717, 1.165) is 0 Å². The number of ether oxygens (including phenoxy) is 1. The highest BCUT2D eigenvalue weighted by Gasteiger charge is 2.31. The van der Waals surface area contributed by atoms with Gasteiger partial charge in [-0.1, -0.05) is 0 Å². The van der Waals surface area contributed by atoms with Crippen LogP contribution in [0, 0.1) is 0 Å². The molecule has 0 radical (unpaired) electrons. The van der Waals surface area contributed by atoms with Crippen molar-refractivity contribution >= 4 is 29.0 Å². The molecule has 1 aromatic heterocycles. The van der Waals surface area contributed by atoms with Gasteiger partial charge in [0.1, 0.15) is 11.3 Å². The van der Waals surface area contributed by atoms with Crippen LogP contribution in [0.25, 0.3) is 11.0 Å². The molecule has 0 aliphatic carbocycles. The molecular formula is C11H7F3O4S. The number of fused-ring (bicyclic) bond motifs is 1. The van der Waals surface area contributed by atoms with Gasteiger partial charge in [0.05, 0.1) is 7.11 Å². The van der Waals surface area contributed by atoms with Crippen molar-refractivity contribution < 1.29 is 31.3 Å². The van der Waals surface area contributed by atoms with Gasteiger partial charge in [-0.25, -0.2) is 4.79 Å². The summed E-state index contributed by atoms with van der Waals surface area (Å²) >= 11 is -0.609. The number of hydrogen-bond donors (Lipinski definition) is 0. The molecule has 0 aliphatic heterocycles. The molecule has 0 bridgehead atoms. The summed E-state index contributed by atoms with van der Waals surface area (Å²) in [4.78, 5) is 11.2. The van der Waals surface area contributed by atoms with Crippen LogP contribution in [0.2, 0.25) is 0 Å². The molecule has 19 heavy (non-hydrogen) atoms. The van der Waals surface area contributed by atoms with E-state index in [1.807, 2.05) is 0 Å². The zero-order valence-corrected chi connectivity index (χ0v) is 10.3. The first kappa shape index (κ1) is 13.6. The Kier molecular flexibility index (Phi) is 3.61. The van der Waals surface area contributed by atoms with Crippen LogP contribution in [0.4, 0.5) is 13.2 Å². The zero-order valence-electron chi connectivity index (χ0n) is 9.48. The molecule has 0 atom stereocenters. The van der Waals surface area contributed by atoms with Gasteiger partial charge in [0.25, 0.3) is 0 Å². The van der Waals surface area contributed by atoms with Gasteiger partial charge in [-0.2, -0.15) is 13.2 Å². The topological polar surface area (TPSA) is 48.7 Å². The van der Waals surface area contributed by atoms with Crippen molar-refractivity contribution in [3.8, 4) is 5.75 Å². The van der Waals surface area contributed by atoms with Crippen LogP contribution in [0.5, 0.6) is 5.75 Å². The van der Waals surface area contributed by atoms with E-state index >= 15 is 0 Å². The number of carbonyl (C=O) groups is 1. The molecule has 8 heteroatoms. The van der Waals surface area contributed by atoms with Gasteiger partial charge < -0.3 is 13.3 Å². The Morgan fingerprint density at radius 1 is 1.32 bits per heavy atom. The van der Waals surface area contributed by atoms with Crippen LogP contribution in [-0.4, -0.2) is 18.6 Å². The highest BCUT2D eigenvalue weighted by molar-refractivity contribution is 7.95. The summed E-state index contributed by atoms with van der Waals surface area (Å²) in [6.45, 7) is 0. The third kappa shape index (κ3) is 3.34. The molecule has 2 rings (SSSR count). The molecule has 0 aliphatic rings. The second-order valence-corrected chi connectivity index (χ2v) is 4.21. The van der Waals surface area contributed by atoms with E-state index in [4.69, 9.17) is 4.42 Å². The SMILES string of the molecule is COC(=O)c1cc2cc(OSC(F)(F)F)ccc2o1. The van der Waals surface area contributed by atoms with Crippen molar-refractivity contribution in [2.45, 2.75) is 5.51 Å². The van der Waals surface area contributed by atoms with Gasteiger partial charge in [0, 0.05) is 5.39 Å². The molecule has 0 N–H and O–H groups in total. The Hall–Kier alpha value is -1.83. The quantitative estimate of drug-likeness (QED) is 0.636. The van der Waals surface area contributed by atoms with Gasteiger partial charge >= 0.3 is 11.5 Å². The van der Waals surface area contributed by atoms with Crippen molar-refractivity contribution in [2.24, 2.45) is 0 Å². The summed E-state index contributed by atoms with van der Waals surface area (Å²) in [6.07, 6.45) is 0. The third-order valence-electron chi connectivity index (χ3n) is 2.11. The van der Waals surface area contributed by atoms with Crippen LogP contribution >= 0.6 is 12.0 Å². The minimum absolute atomic E-state index is 0.00652. The lowest BCUT2D eigenvalue weighted by atomic mass is 10.2. The van der Waals surface area contributed by atoms with Gasteiger partial charge in [-0.05, 0) is 24.3 Å². The normalized spacial score (nSPS) is 11.6. The molecule has 0 saturated carbocycles. The molecule has 0 amide bonds. The van der Waals surface area contributed by atoms with Crippen molar-refractivity contribution in [3.05, 3.63) is 30.0 Å². The van der Waals surface area contributed by atoms with E-state index < -0.39 is 23.5 Å². The number of hydrogen-bond acceptors (Lipinski definition) is 5. The first-order valence-electron chi connectivity index (χ1n) is 4.93. The second kappa shape index (κ2) is 5.04. The summed E-state index contributed by atoms with van der Waals surface area (Å²) in [7, 11) is 1.20. The fourth-order valence-corrected chi connectivity index (χ4v) is 1.66. The summed E-state index contributed by atoms with van der Waals surface area (Å²) in [5.74, 6) is -0.687. The lowest BCUT2D eigenvalue weighted by molar-refractivity contribution is -0.0369. The van der Waals surface area contributed by atoms with E-state index in [1.165, 1.54) is 31.4 Å². The first-order valence-corrected chi connectivity index (χ1v) is 5.67. The summed E-state index contributed by atoms with van der Waals surface area (Å²) < 4.78 is 50.0. The monoisotopic (exact) mass is 292 g/mol. The average Bonchev–Trinajstić information content (AvgIpc) is 2.77. The Morgan fingerprint density at radius 3 is 2.68 bits per heavy atom. The smallest absolute Gasteiger partial charge is 0.463 e. The third-order valence-corrected chi connectivity index (χ3v) is 2.57. The van der Waals surface area contributed by atoms with Crippen molar-refractivity contribution in [2.75, 3.05) is 7.11 Å². The maximum absolute atomic E-state index is 12.0. The van der Waals surface area contributed by atoms with Gasteiger partial charge in [-0.3, -0.25) is 0 Å². The van der Waals surface area contributed by atoms with Gasteiger partial charge in [0.2, 0.25) is 5.76 Å². The first-order chi connectivity index (χ1) is 8.89. The highest BCUT2D eigenvalue weighted by Crippen LogP contribution is 2.34. The van der Waals surface area contributed by atoms with E-state index in [0.29, 0.717) is 11.0 Å². The second-order valence-electron chi connectivity index (χ2n) is 3.41. The van der Waals surface area contributed by atoms with Crippen molar-refractivity contribution in [1.82, 2.24) is 0 Å². The van der Waals surface area contributed by atoms with E-state index in [2.05, 4.69) is 8.92 Å². The van der Waals surface area contributed by atoms with E-state index in [1.54, 1.807) is 0 Å². The lowest BCUT2D eigenvalue weighted by Gasteiger charge is -2.05. The van der Waals surface area contributed by atoms with E-state index in [9.17, 15) is 18.0 Å². The Balaban J connectivity index is 2.23.